The summed E-state index contributed by atoms with van der Waals surface area (Å²) in [5.41, 5.74) is 0.281. The number of piperazine rings is 1. The smallest absolute Gasteiger partial charge is 0.266 e. The number of ether oxygens (including phenoxy) is 1. The summed E-state index contributed by atoms with van der Waals surface area (Å²) in [6.07, 6.45) is 0. The molecule has 3 heterocycles. The molecule has 7 nitrogen and oxygen atoms in total. The van der Waals surface area contributed by atoms with Gasteiger partial charge < -0.3 is 23.4 Å². The molecule has 1 saturated heterocycles. The number of oxazole rings is 1. The van der Waals surface area contributed by atoms with Crippen LogP contribution in [-0.4, -0.2) is 43.1 Å². The Kier molecular flexibility index (Phi) is 5.37. The van der Waals surface area contributed by atoms with Gasteiger partial charge in [0.05, 0.1) is 0 Å². The van der Waals surface area contributed by atoms with E-state index in [1.807, 2.05) is 30.3 Å². The van der Waals surface area contributed by atoms with Crippen molar-refractivity contribution >= 4 is 21.8 Å². The van der Waals surface area contributed by atoms with E-state index in [-0.39, 0.29) is 5.69 Å². The number of hydrogen-bond acceptors (Lipinski definition) is 7. The number of anilines is 1. The molecule has 1 aliphatic rings. The molecule has 144 valence electrons. The average molecular weight is 443 g/mol. The molecule has 0 atom stereocenters. The molecule has 0 saturated carbocycles. The van der Waals surface area contributed by atoms with Crippen molar-refractivity contribution in [2.24, 2.45) is 0 Å². The third-order valence-corrected chi connectivity index (χ3v) is 5.10. The highest BCUT2D eigenvalue weighted by atomic mass is 79.9. The van der Waals surface area contributed by atoms with Gasteiger partial charge in [0.15, 0.2) is 5.76 Å². The normalized spacial score (nSPS) is 14.8. The van der Waals surface area contributed by atoms with Gasteiger partial charge in [0, 0.05) is 30.7 Å². The van der Waals surface area contributed by atoms with E-state index in [1.54, 1.807) is 6.07 Å². The van der Waals surface area contributed by atoms with Crippen molar-refractivity contribution in [2.75, 3.05) is 38.1 Å². The Labute approximate surface area is 171 Å². The number of halogens is 1. The van der Waals surface area contributed by atoms with Crippen LogP contribution in [0.15, 0.2) is 49.7 Å². The number of rotatable bonds is 5. The van der Waals surface area contributed by atoms with Gasteiger partial charge in [-0.15, -0.1) is 0 Å². The second-order valence-corrected chi connectivity index (χ2v) is 7.50. The minimum absolute atomic E-state index is 0.281. The minimum Gasteiger partial charge on any atom is -0.486 e. The largest absolute Gasteiger partial charge is 0.486 e. The standard InChI is InChI=1S/C20H19BrN4O3/c1-24-8-10-25(11-9-24)20-17(12-22)23-19(28-20)18-7-6-16(27-18)13-26-15-4-2-14(21)3-5-15/h2-7H,8-11,13H2,1H3. The molecule has 0 radical (unpaired) electrons. The number of likely N-dealkylation sites (N-methyl/N-ethyl adjacent to an activating group) is 1. The molecule has 0 N–H and O–H groups in total. The molecule has 0 unspecified atom stereocenters. The second-order valence-electron chi connectivity index (χ2n) is 6.58. The highest BCUT2D eigenvalue weighted by molar-refractivity contribution is 9.10. The van der Waals surface area contributed by atoms with Gasteiger partial charge in [-0.3, -0.25) is 0 Å². The van der Waals surface area contributed by atoms with E-state index in [0.29, 0.717) is 29.9 Å². The molecule has 4 rings (SSSR count). The van der Waals surface area contributed by atoms with E-state index >= 15 is 0 Å². The monoisotopic (exact) mass is 442 g/mol. The van der Waals surface area contributed by atoms with Crippen LogP contribution in [0, 0.1) is 11.3 Å². The molecule has 28 heavy (non-hydrogen) atoms. The summed E-state index contributed by atoms with van der Waals surface area (Å²) in [4.78, 5) is 8.60. The van der Waals surface area contributed by atoms with Gasteiger partial charge in [0.25, 0.3) is 5.89 Å². The van der Waals surface area contributed by atoms with Crippen molar-refractivity contribution in [1.82, 2.24) is 9.88 Å². The highest BCUT2D eigenvalue weighted by Crippen LogP contribution is 2.30. The van der Waals surface area contributed by atoms with Gasteiger partial charge in [-0.25, -0.2) is 0 Å². The van der Waals surface area contributed by atoms with E-state index < -0.39 is 0 Å². The summed E-state index contributed by atoms with van der Waals surface area (Å²) in [6, 6.07) is 13.3. The number of benzene rings is 1. The number of furan rings is 1. The Morgan fingerprint density at radius 1 is 1.11 bits per heavy atom. The van der Waals surface area contributed by atoms with Crippen molar-refractivity contribution in [3.05, 3.63) is 52.3 Å². The summed E-state index contributed by atoms with van der Waals surface area (Å²) in [7, 11) is 2.08. The van der Waals surface area contributed by atoms with Gasteiger partial charge >= 0.3 is 0 Å². The van der Waals surface area contributed by atoms with Crippen LogP contribution in [0.2, 0.25) is 0 Å². The Bertz CT molecular complexity index is 982. The van der Waals surface area contributed by atoms with Crippen molar-refractivity contribution in [3.8, 4) is 23.5 Å². The summed E-state index contributed by atoms with van der Waals surface area (Å²) in [5, 5.41) is 9.43. The zero-order valence-corrected chi connectivity index (χ0v) is 17.0. The number of nitriles is 1. The molecule has 0 bridgehead atoms. The van der Waals surface area contributed by atoms with E-state index in [2.05, 4.69) is 43.8 Å². The molecule has 0 aliphatic carbocycles. The fraction of sp³-hybridized carbons (Fsp3) is 0.300. The summed E-state index contributed by atoms with van der Waals surface area (Å²) in [6.45, 7) is 3.71. The third kappa shape index (κ3) is 4.06. The maximum absolute atomic E-state index is 9.43. The van der Waals surface area contributed by atoms with Crippen molar-refractivity contribution in [2.45, 2.75) is 6.61 Å². The zero-order chi connectivity index (χ0) is 19.5. The number of aromatic nitrogens is 1. The van der Waals surface area contributed by atoms with Gasteiger partial charge in [0.1, 0.15) is 24.2 Å². The first-order chi connectivity index (χ1) is 13.6. The van der Waals surface area contributed by atoms with Gasteiger partial charge in [-0.2, -0.15) is 10.2 Å². The molecule has 0 amide bonds. The maximum atomic E-state index is 9.43. The Morgan fingerprint density at radius 2 is 1.86 bits per heavy atom. The molecule has 1 aliphatic heterocycles. The lowest BCUT2D eigenvalue weighted by Gasteiger charge is -2.31. The van der Waals surface area contributed by atoms with Crippen molar-refractivity contribution < 1.29 is 13.6 Å². The first kappa shape index (κ1) is 18.6. The third-order valence-electron chi connectivity index (χ3n) is 4.57. The molecule has 1 aromatic carbocycles. The lowest BCUT2D eigenvalue weighted by molar-refractivity contribution is 0.271. The topological polar surface area (TPSA) is 78.7 Å². The molecular formula is C20H19BrN4O3. The first-order valence-corrected chi connectivity index (χ1v) is 9.73. The molecular weight excluding hydrogens is 424 g/mol. The predicted octanol–water partition coefficient (Wildman–Crippen LogP) is 3.90. The Hall–Kier alpha value is -2.76. The van der Waals surface area contributed by atoms with E-state index in [1.165, 1.54) is 0 Å². The number of nitrogens with zero attached hydrogens (tertiary/aromatic N) is 4. The summed E-state index contributed by atoms with van der Waals surface area (Å²) >= 11 is 3.40. The molecule has 2 aromatic heterocycles. The Balaban J connectivity index is 1.47. The van der Waals surface area contributed by atoms with Gasteiger partial charge in [0.2, 0.25) is 11.6 Å². The number of hydrogen-bond donors (Lipinski definition) is 0. The van der Waals surface area contributed by atoms with E-state index in [0.717, 1.165) is 36.4 Å². The molecule has 3 aromatic rings. The zero-order valence-electron chi connectivity index (χ0n) is 15.4. The molecule has 1 fully saturated rings. The van der Waals surface area contributed by atoms with Crippen LogP contribution in [0.3, 0.4) is 0 Å². The van der Waals surface area contributed by atoms with Gasteiger partial charge in [-0.05, 0) is 43.4 Å². The van der Waals surface area contributed by atoms with Crippen molar-refractivity contribution in [3.63, 3.8) is 0 Å². The van der Waals surface area contributed by atoms with Gasteiger partial charge in [-0.1, -0.05) is 15.9 Å². The lowest BCUT2D eigenvalue weighted by Crippen LogP contribution is -2.44. The van der Waals surface area contributed by atoms with Crippen LogP contribution in [-0.2, 0) is 6.61 Å². The van der Waals surface area contributed by atoms with Crippen LogP contribution in [0.1, 0.15) is 11.5 Å². The minimum atomic E-state index is 0.281. The first-order valence-electron chi connectivity index (χ1n) is 8.94. The van der Waals surface area contributed by atoms with E-state index in [9.17, 15) is 5.26 Å². The van der Waals surface area contributed by atoms with E-state index in [4.69, 9.17) is 13.6 Å². The van der Waals surface area contributed by atoms with Crippen LogP contribution < -0.4 is 9.64 Å². The van der Waals surface area contributed by atoms with Crippen LogP contribution >= 0.6 is 15.9 Å². The summed E-state index contributed by atoms with van der Waals surface area (Å²) in [5.74, 6) is 2.69. The maximum Gasteiger partial charge on any atom is 0.266 e. The van der Waals surface area contributed by atoms with Crippen molar-refractivity contribution in [1.29, 1.82) is 5.26 Å². The molecule has 0 spiro atoms. The second kappa shape index (κ2) is 8.09. The highest BCUT2D eigenvalue weighted by Gasteiger charge is 2.24. The SMILES string of the molecule is CN1CCN(c2oc(-c3ccc(COc4ccc(Br)cc4)o3)nc2C#N)CC1. The fourth-order valence-corrected chi connectivity index (χ4v) is 3.23. The average Bonchev–Trinajstić information content (AvgIpc) is 3.35. The Morgan fingerprint density at radius 3 is 2.57 bits per heavy atom. The predicted molar refractivity (Wildman–Crippen MR) is 107 cm³/mol. The molecule has 8 heteroatoms. The van der Waals surface area contributed by atoms with Crippen LogP contribution in [0.4, 0.5) is 5.88 Å². The fourth-order valence-electron chi connectivity index (χ4n) is 2.97. The lowest BCUT2D eigenvalue weighted by atomic mass is 10.3. The quantitative estimate of drug-likeness (QED) is 0.592. The van der Waals surface area contributed by atoms with Crippen LogP contribution in [0.25, 0.3) is 11.7 Å². The summed E-state index contributed by atoms with van der Waals surface area (Å²) < 4.78 is 18.4. The van der Waals surface area contributed by atoms with Crippen LogP contribution in [0.5, 0.6) is 5.75 Å².